The minimum Gasteiger partial charge on any atom is -0.338 e. The largest absolute Gasteiger partial charge is 0.338 e. The molecule has 4 heteroatoms. The summed E-state index contributed by atoms with van der Waals surface area (Å²) in [7, 11) is 1.68. The third-order valence-electron chi connectivity index (χ3n) is 2.54. The first-order chi connectivity index (χ1) is 7.02. The molecule has 1 rings (SSSR count). The Morgan fingerprint density at radius 2 is 2.00 bits per heavy atom. The molecule has 0 bridgehead atoms. The Morgan fingerprint density at radius 1 is 1.40 bits per heavy atom. The van der Waals surface area contributed by atoms with Crippen LogP contribution in [-0.4, -0.2) is 42.8 Å². The number of likely N-dealkylation sites (N-methyl/N-ethyl adjacent to an activating group) is 1. The van der Waals surface area contributed by atoms with E-state index in [4.69, 9.17) is 0 Å². The molecule has 0 aromatic heterocycles. The number of amides is 1. The van der Waals surface area contributed by atoms with Crippen LogP contribution in [0.4, 0.5) is 0 Å². The average molecular weight is 212 g/mol. The third-order valence-corrected chi connectivity index (χ3v) is 2.54. The van der Waals surface area contributed by atoms with E-state index in [1.165, 1.54) is 17.7 Å². The SMILES string of the molecule is CC(C)C(=O)C(=O)N(C)CCNC1CC1. The Bertz CT molecular complexity index is 247. The van der Waals surface area contributed by atoms with Gasteiger partial charge in [0, 0.05) is 32.1 Å². The molecule has 4 nitrogen and oxygen atoms in total. The molecule has 0 radical (unpaired) electrons. The number of ketones is 1. The molecule has 0 aliphatic heterocycles. The highest BCUT2D eigenvalue weighted by molar-refractivity contribution is 6.36. The van der Waals surface area contributed by atoms with Gasteiger partial charge in [-0.15, -0.1) is 0 Å². The molecule has 86 valence electrons. The van der Waals surface area contributed by atoms with Crippen LogP contribution in [0.3, 0.4) is 0 Å². The van der Waals surface area contributed by atoms with Gasteiger partial charge in [-0.3, -0.25) is 9.59 Å². The summed E-state index contributed by atoms with van der Waals surface area (Å²) in [4.78, 5) is 24.4. The number of carbonyl (C=O) groups is 2. The molecule has 0 unspecified atom stereocenters. The summed E-state index contributed by atoms with van der Waals surface area (Å²) in [5.41, 5.74) is 0. The molecule has 0 aromatic carbocycles. The van der Waals surface area contributed by atoms with Crippen LogP contribution in [0.15, 0.2) is 0 Å². The predicted molar refractivity (Wildman–Crippen MR) is 58.5 cm³/mol. The van der Waals surface area contributed by atoms with E-state index >= 15 is 0 Å². The van der Waals surface area contributed by atoms with E-state index in [0.29, 0.717) is 12.6 Å². The van der Waals surface area contributed by atoms with E-state index in [2.05, 4.69) is 5.32 Å². The summed E-state index contributed by atoms with van der Waals surface area (Å²) < 4.78 is 0. The zero-order chi connectivity index (χ0) is 11.4. The van der Waals surface area contributed by atoms with Crippen molar-refractivity contribution in [3.63, 3.8) is 0 Å². The van der Waals surface area contributed by atoms with Gasteiger partial charge < -0.3 is 10.2 Å². The van der Waals surface area contributed by atoms with Crippen molar-refractivity contribution < 1.29 is 9.59 Å². The molecule has 0 saturated heterocycles. The molecule has 1 aliphatic rings. The topological polar surface area (TPSA) is 49.4 Å². The van der Waals surface area contributed by atoms with Crippen molar-refractivity contribution in [3.8, 4) is 0 Å². The third kappa shape index (κ3) is 4.00. The smallest absolute Gasteiger partial charge is 0.289 e. The van der Waals surface area contributed by atoms with Gasteiger partial charge in [0.15, 0.2) is 0 Å². The average Bonchev–Trinajstić information content (AvgIpc) is 2.99. The predicted octanol–water partition coefficient (Wildman–Crippen LogP) is 0.422. The monoisotopic (exact) mass is 212 g/mol. The first kappa shape index (κ1) is 12.2. The second-order valence-electron chi connectivity index (χ2n) is 4.47. The minimum absolute atomic E-state index is 0.212. The molecule has 1 aliphatic carbocycles. The normalized spacial score (nSPS) is 15.5. The fourth-order valence-electron chi connectivity index (χ4n) is 1.26. The van der Waals surface area contributed by atoms with Crippen molar-refractivity contribution in [1.82, 2.24) is 10.2 Å². The van der Waals surface area contributed by atoms with Crippen LogP contribution >= 0.6 is 0 Å². The van der Waals surface area contributed by atoms with Crippen LogP contribution < -0.4 is 5.32 Å². The van der Waals surface area contributed by atoms with Gasteiger partial charge in [-0.25, -0.2) is 0 Å². The minimum atomic E-state index is -0.373. The quantitative estimate of drug-likeness (QED) is 0.649. The van der Waals surface area contributed by atoms with Crippen molar-refractivity contribution in [3.05, 3.63) is 0 Å². The molecule has 0 spiro atoms. The Morgan fingerprint density at radius 3 is 2.47 bits per heavy atom. The van der Waals surface area contributed by atoms with E-state index < -0.39 is 0 Å². The number of nitrogens with zero attached hydrogens (tertiary/aromatic N) is 1. The van der Waals surface area contributed by atoms with Crippen molar-refractivity contribution in [1.29, 1.82) is 0 Å². The number of nitrogens with one attached hydrogen (secondary N) is 1. The number of hydrogen-bond acceptors (Lipinski definition) is 3. The number of hydrogen-bond donors (Lipinski definition) is 1. The Hall–Kier alpha value is -0.900. The lowest BCUT2D eigenvalue weighted by Gasteiger charge is -2.17. The summed E-state index contributed by atoms with van der Waals surface area (Å²) in [5, 5.41) is 3.31. The fraction of sp³-hybridized carbons (Fsp3) is 0.818. The van der Waals surface area contributed by atoms with Crippen LogP contribution in [0.2, 0.25) is 0 Å². The molecule has 0 aromatic rings. The van der Waals surface area contributed by atoms with Gasteiger partial charge in [-0.2, -0.15) is 0 Å². The zero-order valence-electron chi connectivity index (χ0n) is 9.75. The van der Waals surface area contributed by atoms with Gasteiger partial charge in [-0.05, 0) is 12.8 Å². The van der Waals surface area contributed by atoms with Gasteiger partial charge in [0.1, 0.15) is 0 Å². The van der Waals surface area contributed by atoms with Gasteiger partial charge in [0.2, 0.25) is 5.78 Å². The van der Waals surface area contributed by atoms with E-state index in [0.717, 1.165) is 6.54 Å². The lowest BCUT2D eigenvalue weighted by atomic mass is 10.1. The number of rotatable bonds is 6. The van der Waals surface area contributed by atoms with Gasteiger partial charge in [-0.1, -0.05) is 13.8 Å². The van der Waals surface area contributed by atoms with Crippen molar-refractivity contribution in [2.45, 2.75) is 32.7 Å². The Kier molecular flexibility index (Phi) is 4.27. The van der Waals surface area contributed by atoms with E-state index in [1.807, 2.05) is 0 Å². The highest BCUT2D eigenvalue weighted by Crippen LogP contribution is 2.17. The fourth-order valence-corrected chi connectivity index (χ4v) is 1.26. The molecule has 0 atom stereocenters. The second-order valence-corrected chi connectivity index (χ2v) is 4.47. The number of Topliss-reactive ketones (excluding diaryl/α,β-unsaturated/α-hetero) is 1. The summed E-state index contributed by atoms with van der Waals surface area (Å²) in [6.45, 7) is 4.87. The maximum absolute atomic E-state index is 11.5. The molecule has 1 amide bonds. The highest BCUT2D eigenvalue weighted by Gasteiger charge is 2.23. The summed E-state index contributed by atoms with van der Waals surface area (Å²) in [5.74, 6) is -0.886. The van der Waals surface area contributed by atoms with Gasteiger partial charge in [0.25, 0.3) is 5.91 Å². The summed E-state index contributed by atoms with van der Waals surface area (Å²) in [6, 6.07) is 0.648. The lowest BCUT2D eigenvalue weighted by molar-refractivity contribution is -0.145. The van der Waals surface area contributed by atoms with Crippen LogP contribution in [0.25, 0.3) is 0 Å². The molecule has 1 fully saturated rings. The molecule has 0 heterocycles. The molecular formula is C11H20N2O2. The zero-order valence-corrected chi connectivity index (χ0v) is 9.75. The highest BCUT2D eigenvalue weighted by atomic mass is 16.2. The Balaban J connectivity index is 2.21. The second kappa shape index (κ2) is 5.26. The molecular weight excluding hydrogens is 192 g/mol. The van der Waals surface area contributed by atoms with Crippen LogP contribution in [0.1, 0.15) is 26.7 Å². The Labute approximate surface area is 91.0 Å². The van der Waals surface area contributed by atoms with Crippen molar-refractivity contribution >= 4 is 11.7 Å². The maximum atomic E-state index is 11.5. The van der Waals surface area contributed by atoms with E-state index in [1.54, 1.807) is 20.9 Å². The molecule has 15 heavy (non-hydrogen) atoms. The molecule has 1 saturated carbocycles. The lowest BCUT2D eigenvalue weighted by Crippen LogP contribution is -2.39. The molecule has 1 N–H and O–H groups in total. The number of carbonyl (C=O) groups excluding carboxylic acids is 2. The summed E-state index contributed by atoms with van der Waals surface area (Å²) >= 11 is 0. The first-order valence-electron chi connectivity index (χ1n) is 5.55. The van der Waals surface area contributed by atoms with E-state index in [9.17, 15) is 9.59 Å². The van der Waals surface area contributed by atoms with Crippen LogP contribution in [0, 0.1) is 5.92 Å². The maximum Gasteiger partial charge on any atom is 0.289 e. The standard InChI is InChI=1S/C11H20N2O2/c1-8(2)10(14)11(15)13(3)7-6-12-9-4-5-9/h8-9,12H,4-7H2,1-3H3. The van der Waals surface area contributed by atoms with Crippen molar-refractivity contribution in [2.24, 2.45) is 5.92 Å². The van der Waals surface area contributed by atoms with Gasteiger partial charge in [0.05, 0.1) is 0 Å². The van der Waals surface area contributed by atoms with E-state index in [-0.39, 0.29) is 17.6 Å². The van der Waals surface area contributed by atoms with Crippen LogP contribution in [0.5, 0.6) is 0 Å². The van der Waals surface area contributed by atoms with Crippen LogP contribution in [-0.2, 0) is 9.59 Å². The van der Waals surface area contributed by atoms with Gasteiger partial charge >= 0.3 is 0 Å². The van der Waals surface area contributed by atoms with Crippen molar-refractivity contribution in [2.75, 3.05) is 20.1 Å². The summed E-state index contributed by atoms with van der Waals surface area (Å²) in [6.07, 6.45) is 2.48. The first-order valence-corrected chi connectivity index (χ1v) is 5.55.